The minimum atomic E-state index is 0.793. The van der Waals surface area contributed by atoms with Gasteiger partial charge in [-0.2, -0.15) is 0 Å². The number of hydrogen-bond acceptors (Lipinski definition) is 3. The number of rotatable bonds is 10. The van der Waals surface area contributed by atoms with Crippen LogP contribution in [-0.4, -0.2) is 0 Å². The maximum Gasteiger partial charge on any atom is 0.161 e. The van der Waals surface area contributed by atoms with Crippen LogP contribution in [0.4, 0.5) is 34.1 Å². The molecule has 3 nitrogen and oxygen atoms in total. The average molecular weight is 857 g/mol. The summed E-state index contributed by atoms with van der Waals surface area (Å²) in [7, 11) is 0. The van der Waals surface area contributed by atoms with Gasteiger partial charge in [-0.1, -0.05) is 200 Å². The van der Waals surface area contributed by atoms with Gasteiger partial charge in [-0.05, 0) is 111 Å². The fraction of sp³-hybridized carbons (Fsp3) is 0. The third-order valence-corrected chi connectivity index (χ3v) is 12.8. The molecule has 0 aliphatic rings. The summed E-state index contributed by atoms with van der Waals surface area (Å²) in [6.45, 7) is 0. The zero-order chi connectivity index (χ0) is 44.5. The van der Waals surface area contributed by atoms with Crippen molar-refractivity contribution in [1.29, 1.82) is 0 Å². The lowest BCUT2D eigenvalue weighted by atomic mass is 9.96. The fourth-order valence-electron chi connectivity index (χ4n) is 9.64. The van der Waals surface area contributed by atoms with Gasteiger partial charge >= 0.3 is 0 Å². The van der Waals surface area contributed by atoms with E-state index in [4.69, 9.17) is 4.42 Å². The van der Waals surface area contributed by atoms with Gasteiger partial charge < -0.3 is 14.2 Å². The van der Waals surface area contributed by atoms with E-state index in [1.807, 2.05) is 0 Å². The molecule has 0 saturated carbocycles. The topological polar surface area (TPSA) is 19.6 Å². The highest BCUT2D eigenvalue weighted by molar-refractivity contribution is 6.20. The first-order valence-corrected chi connectivity index (χ1v) is 22.8. The van der Waals surface area contributed by atoms with Gasteiger partial charge in [0.25, 0.3) is 0 Å². The summed E-state index contributed by atoms with van der Waals surface area (Å²) in [5.74, 6) is 0. The largest absolute Gasteiger partial charge is 0.454 e. The smallest absolute Gasteiger partial charge is 0.161 e. The molecular weight excluding hydrogens is 813 g/mol. The summed E-state index contributed by atoms with van der Waals surface area (Å²) >= 11 is 0. The van der Waals surface area contributed by atoms with E-state index in [1.54, 1.807) is 0 Å². The van der Waals surface area contributed by atoms with Crippen LogP contribution in [0, 0.1) is 0 Å². The minimum Gasteiger partial charge on any atom is -0.454 e. The molecule has 3 heteroatoms. The second-order valence-corrected chi connectivity index (χ2v) is 16.9. The number of para-hydroxylation sites is 2. The van der Waals surface area contributed by atoms with Crippen molar-refractivity contribution in [2.75, 3.05) is 9.80 Å². The molecule has 0 atom stereocenters. The normalized spacial score (nSPS) is 11.3. The first-order valence-electron chi connectivity index (χ1n) is 22.8. The molecule has 316 valence electrons. The van der Waals surface area contributed by atoms with E-state index in [-0.39, 0.29) is 0 Å². The summed E-state index contributed by atoms with van der Waals surface area (Å²) in [4.78, 5) is 4.80. The molecule has 11 aromatic carbocycles. The van der Waals surface area contributed by atoms with Crippen LogP contribution in [0.2, 0.25) is 0 Å². The number of fused-ring (bicyclic) bond motifs is 4. The lowest BCUT2D eigenvalue weighted by Gasteiger charge is -2.31. The van der Waals surface area contributed by atoms with Gasteiger partial charge in [0, 0.05) is 27.9 Å². The number of furan rings is 1. The van der Waals surface area contributed by atoms with Crippen LogP contribution in [0.5, 0.6) is 0 Å². The highest BCUT2D eigenvalue weighted by atomic mass is 16.3. The first-order chi connectivity index (χ1) is 33.2. The maximum absolute atomic E-state index is 7.34. The van der Waals surface area contributed by atoms with E-state index in [0.29, 0.717) is 0 Å². The Morgan fingerprint density at radius 2 is 0.701 bits per heavy atom. The molecule has 0 amide bonds. The Labute approximate surface area is 390 Å². The number of anilines is 6. The Bertz CT molecular complexity index is 3660. The average Bonchev–Trinajstić information content (AvgIpc) is 3.79. The Morgan fingerprint density at radius 1 is 0.269 bits per heavy atom. The van der Waals surface area contributed by atoms with Gasteiger partial charge in [-0.3, -0.25) is 0 Å². The SMILES string of the molecule is c1ccc(-c2ccc(N(c3ccccc3-c3ccccc3)c3ccc(N(c4ccccc4)c4ccc(-c5ccccc5)cc4-c4ccccc4)c4oc5cc6ccccc6cc5c34)cc2)cc1. The van der Waals surface area contributed by atoms with Crippen molar-refractivity contribution in [3.8, 4) is 44.5 Å². The molecule has 12 aromatic rings. The van der Waals surface area contributed by atoms with E-state index < -0.39 is 0 Å². The summed E-state index contributed by atoms with van der Waals surface area (Å²) < 4.78 is 7.34. The molecular formula is C64H44N2O. The van der Waals surface area contributed by atoms with E-state index in [9.17, 15) is 0 Å². The molecule has 0 N–H and O–H groups in total. The molecule has 0 fully saturated rings. The molecule has 0 bridgehead atoms. The van der Waals surface area contributed by atoms with Gasteiger partial charge in [-0.25, -0.2) is 0 Å². The van der Waals surface area contributed by atoms with Crippen molar-refractivity contribution in [3.05, 3.63) is 267 Å². The van der Waals surface area contributed by atoms with Crippen LogP contribution < -0.4 is 9.80 Å². The van der Waals surface area contributed by atoms with E-state index in [2.05, 4.69) is 277 Å². The summed E-state index contributed by atoms with van der Waals surface area (Å²) in [5.41, 5.74) is 16.9. The second kappa shape index (κ2) is 17.2. The van der Waals surface area contributed by atoms with Gasteiger partial charge in [0.1, 0.15) is 5.58 Å². The highest BCUT2D eigenvalue weighted by Crippen LogP contribution is 2.52. The van der Waals surface area contributed by atoms with Crippen molar-refractivity contribution in [2.24, 2.45) is 0 Å². The predicted octanol–water partition coefficient (Wildman–Crippen LogP) is 18.3. The Hall–Kier alpha value is -8.92. The zero-order valence-corrected chi connectivity index (χ0v) is 36.7. The van der Waals surface area contributed by atoms with Crippen molar-refractivity contribution < 1.29 is 4.42 Å². The van der Waals surface area contributed by atoms with Crippen LogP contribution in [0.3, 0.4) is 0 Å². The molecule has 1 aromatic heterocycles. The van der Waals surface area contributed by atoms with Crippen molar-refractivity contribution >= 4 is 66.8 Å². The molecule has 1 heterocycles. The van der Waals surface area contributed by atoms with Gasteiger partial charge in [0.2, 0.25) is 0 Å². The lowest BCUT2D eigenvalue weighted by Crippen LogP contribution is -2.14. The summed E-state index contributed by atoms with van der Waals surface area (Å²) in [6.07, 6.45) is 0. The van der Waals surface area contributed by atoms with E-state index in [0.717, 1.165) is 100 Å². The monoisotopic (exact) mass is 856 g/mol. The lowest BCUT2D eigenvalue weighted by molar-refractivity contribution is 0.669. The summed E-state index contributed by atoms with van der Waals surface area (Å²) in [6, 6.07) is 95.4. The maximum atomic E-state index is 7.34. The van der Waals surface area contributed by atoms with Gasteiger partial charge in [-0.15, -0.1) is 0 Å². The molecule has 0 aliphatic heterocycles. The second-order valence-electron chi connectivity index (χ2n) is 16.9. The predicted molar refractivity (Wildman–Crippen MR) is 282 cm³/mol. The fourth-order valence-corrected chi connectivity index (χ4v) is 9.64. The van der Waals surface area contributed by atoms with Crippen LogP contribution in [-0.2, 0) is 0 Å². The molecule has 67 heavy (non-hydrogen) atoms. The molecule has 0 spiro atoms. The Kier molecular flexibility index (Phi) is 10.2. The third-order valence-electron chi connectivity index (χ3n) is 12.8. The zero-order valence-electron chi connectivity index (χ0n) is 36.7. The van der Waals surface area contributed by atoms with Crippen LogP contribution in [0.1, 0.15) is 0 Å². The minimum absolute atomic E-state index is 0.793. The van der Waals surface area contributed by atoms with Crippen molar-refractivity contribution in [1.82, 2.24) is 0 Å². The summed E-state index contributed by atoms with van der Waals surface area (Å²) in [5, 5.41) is 4.35. The van der Waals surface area contributed by atoms with Crippen LogP contribution in [0.15, 0.2) is 271 Å². The molecule has 12 rings (SSSR count). The van der Waals surface area contributed by atoms with Crippen molar-refractivity contribution in [3.63, 3.8) is 0 Å². The van der Waals surface area contributed by atoms with E-state index in [1.165, 1.54) is 11.1 Å². The number of hydrogen-bond donors (Lipinski definition) is 0. The number of benzene rings is 11. The highest BCUT2D eigenvalue weighted by Gasteiger charge is 2.28. The van der Waals surface area contributed by atoms with E-state index >= 15 is 0 Å². The number of nitrogens with zero attached hydrogens (tertiary/aromatic N) is 2. The molecule has 0 saturated heterocycles. The van der Waals surface area contributed by atoms with Crippen LogP contribution in [0.25, 0.3) is 77.2 Å². The Balaban J connectivity index is 1.16. The van der Waals surface area contributed by atoms with Crippen LogP contribution >= 0.6 is 0 Å². The standard InChI is InChI=1S/C64H44N2O/c1-6-20-45(21-7-1)47-34-37-54(38-35-47)65(58-33-19-18-32-55(58)48-24-10-3-11-25-48)60-40-41-61(64-63(60)57-43-50-28-16-17-29-51(50)44-62(57)67-64)66(53-30-14-5-15-31-53)59-39-36-52(46-22-8-2-9-23-46)42-56(59)49-26-12-4-13-27-49/h1-44H. The van der Waals surface area contributed by atoms with Crippen molar-refractivity contribution in [2.45, 2.75) is 0 Å². The Morgan fingerprint density at radius 3 is 1.36 bits per heavy atom. The van der Waals surface area contributed by atoms with Gasteiger partial charge in [0.15, 0.2) is 5.58 Å². The molecule has 0 unspecified atom stereocenters. The quantitative estimate of drug-likeness (QED) is 0.137. The van der Waals surface area contributed by atoms with Gasteiger partial charge in [0.05, 0.1) is 28.1 Å². The third kappa shape index (κ3) is 7.39. The first kappa shape index (κ1) is 39.7. The molecule has 0 radical (unpaired) electrons. The molecule has 0 aliphatic carbocycles.